The van der Waals surface area contributed by atoms with Gasteiger partial charge in [0.15, 0.2) is 0 Å². The molecule has 3 heteroatoms. The van der Waals surface area contributed by atoms with Crippen LogP contribution in [0.2, 0.25) is 0 Å². The summed E-state index contributed by atoms with van der Waals surface area (Å²) in [6.45, 7) is 5.91. The lowest BCUT2D eigenvalue weighted by Gasteiger charge is -2.31. The number of rotatable bonds is 5. The summed E-state index contributed by atoms with van der Waals surface area (Å²) >= 11 is 0. The molecule has 3 nitrogen and oxygen atoms in total. The zero-order valence-corrected chi connectivity index (χ0v) is 7.59. The van der Waals surface area contributed by atoms with Crippen molar-refractivity contribution in [1.29, 1.82) is 0 Å². The molecule has 0 saturated heterocycles. The maximum Gasteiger partial charge on any atom is 0.0647 e. The van der Waals surface area contributed by atoms with Gasteiger partial charge in [0.1, 0.15) is 0 Å². The van der Waals surface area contributed by atoms with Crippen LogP contribution in [0.25, 0.3) is 0 Å². The predicted octanol–water partition coefficient (Wildman–Crippen LogP) is 0.118. The lowest BCUT2D eigenvalue weighted by Crippen LogP contribution is -2.53. The van der Waals surface area contributed by atoms with Crippen LogP contribution in [0.4, 0.5) is 0 Å². The summed E-state index contributed by atoms with van der Waals surface area (Å²) in [5, 5.41) is 21.1. The molecule has 0 spiro atoms. The van der Waals surface area contributed by atoms with E-state index in [-0.39, 0.29) is 19.3 Å². The molecule has 0 aliphatic heterocycles. The van der Waals surface area contributed by atoms with Crippen LogP contribution in [0.3, 0.4) is 0 Å². The smallest absolute Gasteiger partial charge is 0.0647 e. The quantitative estimate of drug-likeness (QED) is 0.537. The van der Waals surface area contributed by atoms with Gasteiger partial charge in [0.05, 0.1) is 18.8 Å². The van der Waals surface area contributed by atoms with E-state index >= 15 is 0 Å². The lowest BCUT2D eigenvalue weighted by molar-refractivity contribution is 0.0811. The number of hydrogen-bond acceptors (Lipinski definition) is 3. The molecule has 0 fully saturated rings. The van der Waals surface area contributed by atoms with Crippen molar-refractivity contribution in [3.63, 3.8) is 0 Å². The van der Waals surface area contributed by atoms with Crippen LogP contribution in [-0.4, -0.2) is 35.0 Å². The zero-order valence-electron chi connectivity index (χ0n) is 7.59. The SMILES string of the molecule is CCC(CO)(CO)NC(C)C. The first-order valence-corrected chi connectivity index (χ1v) is 4.09. The van der Waals surface area contributed by atoms with Crippen molar-refractivity contribution >= 4 is 0 Å². The molecule has 0 amide bonds. The van der Waals surface area contributed by atoms with Crippen LogP contribution in [0.15, 0.2) is 0 Å². The van der Waals surface area contributed by atoms with Crippen LogP contribution < -0.4 is 5.32 Å². The maximum atomic E-state index is 9.00. The highest BCUT2D eigenvalue weighted by molar-refractivity contribution is 4.86. The van der Waals surface area contributed by atoms with Crippen LogP contribution in [-0.2, 0) is 0 Å². The van der Waals surface area contributed by atoms with Crippen LogP contribution >= 0.6 is 0 Å². The van der Waals surface area contributed by atoms with Gasteiger partial charge in [-0.1, -0.05) is 20.8 Å². The minimum Gasteiger partial charge on any atom is -0.394 e. The minimum atomic E-state index is -0.492. The lowest BCUT2D eigenvalue weighted by atomic mass is 9.97. The molecule has 0 unspecified atom stereocenters. The Morgan fingerprint density at radius 2 is 1.73 bits per heavy atom. The van der Waals surface area contributed by atoms with E-state index in [1.54, 1.807) is 0 Å². The van der Waals surface area contributed by atoms with Gasteiger partial charge in [0.2, 0.25) is 0 Å². The molecular formula is C8H19NO2. The van der Waals surface area contributed by atoms with Gasteiger partial charge in [-0.15, -0.1) is 0 Å². The molecule has 3 N–H and O–H groups in total. The molecule has 0 heterocycles. The van der Waals surface area contributed by atoms with Crippen molar-refractivity contribution in [2.45, 2.75) is 38.8 Å². The van der Waals surface area contributed by atoms with Crippen LogP contribution in [0, 0.1) is 0 Å². The van der Waals surface area contributed by atoms with Crippen molar-refractivity contribution in [1.82, 2.24) is 5.32 Å². The second kappa shape index (κ2) is 4.70. The molecule has 0 radical (unpaired) electrons. The average Bonchev–Trinajstić information content (AvgIpc) is 2.00. The Kier molecular flexibility index (Phi) is 4.65. The van der Waals surface area contributed by atoms with Gasteiger partial charge in [-0.25, -0.2) is 0 Å². The van der Waals surface area contributed by atoms with Crippen LogP contribution in [0.1, 0.15) is 27.2 Å². The first kappa shape index (κ1) is 10.9. The Morgan fingerprint density at radius 1 is 1.27 bits per heavy atom. The average molecular weight is 161 g/mol. The van der Waals surface area contributed by atoms with E-state index in [9.17, 15) is 0 Å². The van der Waals surface area contributed by atoms with Gasteiger partial charge >= 0.3 is 0 Å². The van der Waals surface area contributed by atoms with E-state index in [1.807, 2.05) is 20.8 Å². The van der Waals surface area contributed by atoms with E-state index < -0.39 is 5.54 Å². The van der Waals surface area contributed by atoms with Crippen molar-refractivity contribution in [3.05, 3.63) is 0 Å². The fraction of sp³-hybridized carbons (Fsp3) is 1.00. The van der Waals surface area contributed by atoms with Crippen molar-refractivity contribution < 1.29 is 10.2 Å². The molecule has 0 aliphatic rings. The number of aliphatic hydroxyl groups is 2. The monoisotopic (exact) mass is 161 g/mol. The molecular weight excluding hydrogens is 142 g/mol. The third-order valence-electron chi connectivity index (χ3n) is 1.88. The standard InChI is InChI=1S/C8H19NO2/c1-4-8(5-10,6-11)9-7(2)3/h7,9-11H,4-6H2,1-3H3. The van der Waals surface area contributed by atoms with E-state index in [4.69, 9.17) is 10.2 Å². The number of nitrogens with one attached hydrogen (secondary N) is 1. The highest BCUT2D eigenvalue weighted by Crippen LogP contribution is 2.08. The van der Waals surface area contributed by atoms with Gasteiger partial charge in [0.25, 0.3) is 0 Å². The van der Waals surface area contributed by atoms with E-state index in [1.165, 1.54) is 0 Å². The fourth-order valence-electron chi connectivity index (χ4n) is 1.08. The molecule has 0 aromatic rings. The van der Waals surface area contributed by atoms with Crippen LogP contribution in [0.5, 0.6) is 0 Å². The summed E-state index contributed by atoms with van der Waals surface area (Å²) in [6, 6.07) is 0.286. The van der Waals surface area contributed by atoms with E-state index in [0.717, 1.165) is 6.42 Å². The molecule has 0 aliphatic carbocycles. The summed E-state index contributed by atoms with van der Waals surface area (Å²) in [5.41, 5.74) is -0.492. The van der Waals surface area contributed by atoms with Gasteiger partial charge in [-0.3, -0.25) is 0 Å². The second-order valence-corrected chi connectivity index (χ2v) is 3.25. The summed E-state index contributed by atoms with van der Waals surface area (Å²) in [6.07, 6.45) is 0.734. The Balaban J connectivity index is 4.05. The zero-order chi connectivity index (χ0) is 8.91. The number of hydrogen-bond donors (Lipinski definition) is 3. The Morgan fingerprint density at radius 3 is 1.82 bits per heavy atom. The summed E-state index contributed by atoms with van der Waals surface area (Å²) < 4.78 is 0. The molecule has 0 bridgehead atoms. The molecule has 0 rings (SSSR count). The van der Waals surface area contributed by atoms with Crippen molar-refractivity contribution in [3.8, 4) is 0 Å². The predicted molar refractivity (Wildman–Crippen MR) is 45.5 cm³/mol. The largest absolute Gasteiger partial charge is 0.394 e. The first-order chi connectivity index (χ1) is 5.10. The van der Waals surface area contributed by atoms with Gasteiger partial charge in [-0.05, 0) is 6.42 Å². The molecule has 11 heavy (non-hydrogen) atoms. The van der Waals surface area contributed by atoms with Gasteiger partial charge in [-0.2, -0.15) is 0 Å². The first-order valence-electron chi connectivity index (χ1n) is 4.09. The topological polar surface area (TPSA) is 52.5 Å². The molecule has 0 saturated carbocycles. The van der Waals surface area contributed by atoms with E-state index in [2.05, 4.69) is 5.32 Å². The molecule has 68 valence electrons. The maximum absolute atomic E-state index is 9.00. The van der Waals surface area contributed by atoms with Crippen molar-refractivity contribution in [2.24, 2.45) is 0 Å². The fourth-order valence-corrected chi connectivity index (χ4v) is 1.08. The summed E-state index contributed by atoms with van der Waals surface area (Å²) in [5.74, 6) is 0. The Hall–Kier alpha value is -0.120. The minimum absolute atomic E-state index is 0.0157. The molecule has 0 aromatic heterocycles. The highest BCUT2D eigenvalue weighted by atomic mass is 16.3. The molecule has 0 atom stereocenters. The highest BCUT2D eigenvalue weighted by Gasteiger charge is 2.26. The number of aliphatic hydroxyl groups excluding tert-OH is 2. The Bertz CT molecular complexity index is 92.0. The van der Waals surface area contributed by atoms with Gasteiger partial charge in [0, 0.05) is 6.04 Å². The van der Waals surface area contributed by atoms with Gasteiger partial charge < -0.3 is 15.5 Å². The third-order valence-corrected chi connectivity index (χ3v) is 1.88. The Labute approximate surface area is 68.4 Å². The molecule has 0 aromatic carbocycles. The summed E-state index contributed by atoms with van der Waals surface area (Å²) in [4.78, 5) is 0. The summed E-state index contributed by atoms with van der Waals surface area (Å²) in [7, 11) is 0. The van der Waals surface area contributed by atoms with Crippen molar-refractivity contribution in [2.75, 3.05) is 13.2 Å². The second-order valence-electron chi connectivity index (χ2n) is 3.25. The van der Waals surface area contributed by atoms with E-state index in [0.29, 0.717) is 0 Å². The normalized spacial score (nSPS) is 12.5. The third kappa shape index (κ3) is 3.18.